The first-order valence-electron chi connectivity index (χ1n) is 16.0. The molecule has 260 valence electrons. The van der Waals surface area contributed by atoms with E-state index in [2.05, 4.69) is 39.9 Å². The van der Waals surface area contributed by atoms with Crippen LogP contribution in [-0.2, 0) is 45.4 Å². The van der Waals surface area contributed by atoms with E-state index in [0.29, 0.717) is 100 Å². The summed E-state index contributed by atoms with van der Waals surface area (Å²) in [4.78, 5) is 29.4. The van der Waals surface area contributed by atoms with Crippen molar-refractivity contribution in [2.45, 2.75) is 26.4 Å². The molecule has 4 aromatic heterocycles. The fraction of sp³-hybridized carbons (Fsp3) is 0.294. The van der Waals surface area contributed by atoms with Gasteiger partial charge in [-0.25, -0.2) is 15.0 Å². The number of hydrogen-bond donors (Lipinski definition) is 4. The fourth-order valence-corrected chi connectivity index (χ4v) is 4.72. The molecule has 50 heavy (non-hydrogen) atoms. The minimum absolute atomic E-state index is 0.114. The van der Waals surface area contributed by atoms with Gasteiger partial charge in [0.2, 0.25) is 11.8 Å². The molecule has 0 radical (unpaired) electrons. The second kappa shape index (κ2) is 17.6. The van der Waals surface area contributed by atoms with Crippen molar-refractivity contribution >= 4 is 34.2 Å². The maximum Gasteiger partial charge on any atom is 0.392 e. The SMILES string of the molecule is Nc1nc(OCc2ccc(COCCOCC=CCOCCOCc3ccc(COc4[nH+]c(N)nc5nc[nH]c45)cc3)cc2)c2[nH]cnc2n1. The van der Waals surface area contributed by atoms with E-state index in [1.807, 2.05) is 60.7 Å². The molecular weight excluding hydrogens is 644 g/mol. The second-order valence-corrected chi connectivity index (χ2v) is 11.0. The number of imidazole rings is 2. The van der Waals surface area contributed by atoms with E-state index in [1.54, 1.807) is 6.33 Å². The highest BCUT2D eigenvalue weighted by molar-refractivity contribution is 5.76. The molecule has 16 heteroatoms. The van der Waals surface area contributed by atoms with E-state index < -0.39 is 0 Å². The van der Waals surface area contributed by atoms with Crippen LogP contribution in [0.5, 0.6) is 11.8 Å². The number of aromatic amines is 3. The molecule has 6 rings (SSSR count). The Morgan fingerprint density at radius 3 is 1.68 bits per heavy atom. The summed E-state index contributed by atoms with van der Waals surface area (Å²) >= 11 is 0. The maximum atomic E-state index is 5.89. The Morgan fingerprint density at radius 1 is 0.580 bits per heavy atom. The van der Waals surface area contributed by atoms with Crippen molar-refractivity contribution in [1.29, 1.82) is 0 Å². The lowest BCUT2D eigenvalue weighted by molar-refractivity contribution is -0.380. The Bertz CT molecular complexity index is 1820. The average molecular weight is 684 g/mol. The van der Waals surface area contributed by atoms with Crippen LogP contribution < -0.4 is 25.9 Å². The van der Waals surface area contributed by atoms with Crippen LogP contribution in [0, 0.1) is 0 Å². The zero-order chi connectivity index (χ0) is 34.4. The number of rotatable bonds is 20. The first kappa shape index (κ1) is 34.2. The van der Waals surface area contributed by atoms with E-state index >= 15 is 0 Å². The largest absolute Gasteiger partial charge is 0.471 e. The van der Waals surface area contributed by atoms with E-state index in [4.69, 9.17) is 39.9 Å². The Balaban J connectivity index is 0.752. The molecule has 2 aromatic carbocycles. The van der Waals surface area contributed by atoms with E-state index in [-0.39, 0.29) is 11.9 Å². The molecule has 0 spiro atoms. The number of nitrogen functional groups attached to an aromatic ring is 2. The van der Waals surface area contributed by atoms with Crippen LogP contribution in [-0.4, -0.2) is 74.5 Å². The monoisotopic (exact) mass is 683 g/mol. The highest BCUT2D eigenvalue weighted by atomic mass is 16.5. The normalized spacial score (nSPS) is 11.6. The third kappa shape index (κ3) is 9.93. The Labute approximate surface area is 287 Å². The molecular formula is C34H39N10O6+. The molecule has 0 amide bonds. The lowest BCUT2D eigenvalue weighted by atomic mass is 10.1. The van der Waals surface area contributed by atoms with Gasteiger partial charge in [0, 0.05) is 0 Å². The zero-order valence-electron chi connectivity index (χ0n) is 27.3. The van der Waals surface area contributed by atoms with Gasteiger partial charge in [-0.1, -0.05) is 60.7 Å². The maximum absolute atomic E-state index is 5.89. The van der Waals surface area contributed by atoms with Crippen molar-refractivity contribution in [3.8, 4) is 11.8 Å². The highest BCUT2D eigenvalue weighted by Crippen LogP contribution is 2.21. The van der Waals surface area contributed by atoms with Crippen LogP contribution in [0.3, 0.4) is 0 Å². The zero-order valence-corrected chi connectivity index (χ0v) is 27.3. The number of anilines is 2. The van der Waals surface area contributed by atoms with Gasteiger partial charge in [-0.3, -0.25) is 5.73 Å². The van der Waals surface area contributed by atoms with E-state index in [0.717, 1.165) is 22.3 Å². The molecule has 0 saturated heterocycles. The third-order valence-electron chi connectivity index (χ3n) is 7.27. The van der Waals surface area contributed by atoms with E-state index in [9.17, 15) is 0 Å². The van der Waals surface area contributed by atoms with Crippen molar-refractivity contribution < 1.29 is 33.4 Å². The fourth-order valence-electron chi connectivity index (χ4n) is 4.72. The van der Waals surface area contributed by atoms with Crippen LogP contribution in [0.15, 0.2) is 73.3 Å². The second-order valence-electron chi connectivity index (χ2n) is 11.0. The number of nitrogens with zero attached hydrogens (tertiary/aromatic N) is 5. The van der Waals surface area contributed by atoms with Gasteiger partial charge in [0.1, 0.15) is 18.7 Å². The van der Waals surface area contributed by atoms with Crippen LogP contribution in [0.1, 0.15) is 22.3 Å². The van der Waals surface area contributed by atoms with Gasteiger partial charge in [-0.2, -0.15) is 9.97 Å². The molecule has 0 fully saturated rings. The number of fused-ring (bicyclic) bond motifs is 2. The topological polar surface area (TPSA) is 218 Å². The summed E-state index contributed by atoms with van der Waals surface area (Å²) in [6.07, 6.45) is 6.94. The summed E-state index contributed by atoms with van der Waals surface area (Å²) in [6, 6.07) is 16.0. The molecule has 6 aromatic rings. The predicted octanol–water partition coefficient (Wildman–Crippen LogP) is 3.08. The Hall–Kier alpha value is -5.68. The molecule has 0 bridgehead atoms. The van der Waals surface area contributed by atoms with Gasteiger partial charge < -0.3 is 44.1 Å². The number of aromatic nitrogens is 8. The summed E-state index contributed by atoms with van der Waals surface area (Å²) in [7, 11) is 0. The summed E-state index contributed by atoms with van der Waals surface area (Å²) in [6.45, 7) is 4.65. The van der Waals surface area contributed by atoms with Crippen LogP contribution in [0.25, 0.3) is 22.3 Å². The molecule has 0 saturated carbocycles. The molecule has 4 heterocycles. The van der Waals surface area contributed by atoms with Gasteiger partial charge in [0.05, 0.1) is 65.5 Å². The van der Waals surface area contributed by atoms with Crippen molar-refractivity contribution in [2.75, 3.05) is 51.1 Å². The minimum Gasteiger partial charge on any atom is -0.471 e. The number of hydrogen-bond acceptors (Lipinski definition) is 13. The van der Waals surface area contributed by atoms with Gasteiger partial charge in [0.15, 0.2) is 11.2 Å². The van der Waals surface area contributed by atoms with Crippen molar-refractivity contribution in [3.05, 3.63) is 95.6 Å². The molecule has 16 nitrogen and oxygen atoms in total. The van der Waals surface area contributed by atoms with Crippen LogP contribution in [0.2, 0.25) is 0 Å². The molecule has 7 N–H and O–H groups in total. The summed E-state index contributed by atoms with van der Waals surface area (Å²) in [5, 5.41) is 0. The molecule has 0 aliphatic carbocycles. The van der Waals surface area contributed by atoms with Gasteiger partial charge in [-0.05, 0) is 27.2 Å². The number of nitrogens with one attached hydrogen (secondary N) is 3. The number of benzene rings is 2. The van der Waals surface area contributed by atoms with Gasteiger partial charge in [-0.15, -0.1) is 0 Å². The molecule has 0 unspecified atom stereocenters. The third-order valence-corrected chi connectivity index (χ3v) is 7.27. The van der Waals surface area contributed by atoms with Gasteiger partial charge >= 0.3 is 5.95 Å². The molecule has 0 atom stereocenters. The van der Waals surface area contributed by atoms with E-state index in [1.165, 1.54) is 6.33 Å². The number of nitrogens with two attached hydrogens (primary N) is 2. The van der Waals surface area contributed by atoms with Gasteiger partial charge in [0.25, 0.3) is 11.5 Å². The van der Waals surface area contributed by atoms with Crippen LogP contribution >= 0.6 is 0 Å². The molecule has 0 aliphatic heterocycles. The summed E-state index contributed by atoms with van der Waals surface area (Å²) in [5.41, 5.74) is 17.9. The summed E-state index contributed by atoms with van der Waals surface area (Å²) in [5.74, 6) is 1.22. The predicted molar refractivity (Wildman–Crippen MR) is 183 cm³/mol. The van der Waals surface area contributed by atoms with Crippen molar-refractivity contribution in [3.63, 3.8) is 0 Å². The summed E-state index contributed by atoms with van der Waals surface area (Å²) < 4.78 is 34.4. The smallest absolute Gasteiger partial charge is 0.392 e. The molecule has 0 aliphatic rings. The van der Waals surface area contributed by atoms with Crippen molar-refractivity contribution in [2.24, 2.45) is 0 Å². The minimum atomic E-state index is 0.114. The number of ether oxygens (including phenoxy) is 6. The lowest BCUT2D eigenvalue weighted by Crippen LogP contribution is -2.17. The standard InChI is InChI=1S/C34H38N10O6/c35-33-41-29-27(37-21-39-29)31(43-33)49-19-25-7-3-23(4-8-25)17-47-15-13-45-11-1-2-12-46-14-16-48-18-24-5-9-26(10-6-24)20-50-32-28-30(40-22-38-28)42-34(36)44-32/h1-10,21-22H,11-20H2,(H3,35,37,39,41,43)(H3,36,38,40,42,44)/p+1. The number of H-pyrrole nitrogens is 3. The van der Waals surface area contributed by atoms with Crippen molar-refractivity contribution in [1.82, 2.24) is 34.9 Å². The van der Waals surface area contributed by atoms with Crippen LogP contribution in [0.4, 0.5) is 11.9 Å². The highest BCUT2D eigenvalue weighted by Gasteiger charge is 2.15. The lowest BCUT2D eigenvalue weighted by Gasteiger charge is -2.08. The average Bonchev–Trinajstić information content (AvgIpc) is 3.81. The first-order valence-corrected chi connectivity index (χ1v) is 16.0. The quantitative estimate of drug-likeness (QED) is 0.0673. The Morgan fingerprint density at radius 2 is 1.08 bits per heavy atom. The first-order chi connectivity index (χ1) is 24.6. The Kier molecular flexibility index (Phi) is 12.1.